The maximum atomic E-state index is 12.5. The Morgan fingerprint density at radius 1 is 1.17 bits per heavy atom. The van der Waals surface area contributed by atoms with Gasteiger partial charge in [0.25, 0.3) is 5.91 Å². The predicted molar refractivity (Wildman–Crippen MR) is 90.9 cm³/mol. The van der Waals surface area contributed by atoms with Gasteiger partial charge < -0.3 is 15.0 Å². The van der Waals surface area contributed by atoms with Crippen LogP contribution < -0.4 is 5.32 Å². The van der Waals surface area contributed by atoms with Crippen LogP contribution in [0, 0.1) is 0 Å². The standard InChI is InChI=1S/C18H20N4O2/c1-21-18(22-10-2-3-11-22)16(12-20-21)17(24)19-9-8-14-4-6-15(13-23)7-5-14/h2-7,10-12,23H,8-9,13H2,1H3,(H,19,24). The van der Waals surface area contributed by atoms with Crippen LogP contribution in [0.15, 0.2) is 55.0 Å². The second-order valence-electron chi connectivity index (χ2n) is 5.58. The van der Waals surface area contributed by atoms with Crippen molar-refractivity contribution in [2.45, 2.75) is 13.0 Å². The Balaban J connectivity index is 1.63. The molecule has 2 N–H and O–H groups in total. The van der Waals surface area contributed by atoms with Crippen molar-refractivity contribution in [3.8, 4) is 5.82 Å². The summed E-state index contributed by atoms with van der Waals surface area (Å²) in [4.78, 5) is 12.5. The van der Waals surface area contributed by atoms with E-state index in [1.54, 1.807) is 10.9 Å². The van der Waals surface area contributed by atoms with E-state index in [-0.39, 0.29) is 12.5 Å². The topological polar surface area (TPSA) is 72.1 Å². The van der Waals surface area contributed by atoms with Gasteiger partial charge in [-0.1, -0.05) is 24.3 Å². The van der Waals surface area contributed by atoms with Crippen LogP contribution in [0.1, 0.15) is 21.5 Å². The molecule has 24 heavy (non-hydrogen) atoms. The molecule has 1 amide bonds. The molecule has 0 aliphatic rings. The van der Waals surface area contributed by atoms with Crippen LogP contribution in [0.5, 0.6) is 0 Å². The zero-order valence-electron chi connectivity index (χ0n) is 13.5. The van der Waals surface area contributed by atoms with E-state index in [2.05, 4.69) is 10.4 Å². The van der Waals surface area contributed by atoms with E-state index in [1.807, 2.05) is 60.4 Å². The van der Waals surface area contributed by atoms with Crippen LogP contribution >= 0.6 is 0 Å². The first-order valence-electron chi connectivity index (χ1n) is 7.81. The van der Waals surface area contributed by atoms with E-state index in [0.717, 1.165) is 23.4 Å². The Morgan fingerprint density at radius 3 is 2.50 bits per heavy atom. The molecular weight excluding hydrogens is 304 g/mol. The lowest BCUT2D eigenvalue weighted by Crippen LogP contribution is -2.26. The van der Waals surface area contributed by atoms with Crippen molar-refractivity contribution in [1.82, 2.24) is 19.7 Å². The number of aromatic nitrogens is 3. The summed E-state index contributed by atoms with van der Waals surface area (Å²) >= 11 is 0. The van der Waals surface area contributed by atoms with Gasteiger partial charge in [0.05, 0.1) is 12.8 Å². The van der Waals surface area contributed by atoms with Gasteiger partial charge in [0.2, 0.25) is 0 Å². The van der Waals surface area contributed by atoms with Crippen LogP contribution in [0.25, 0.3) is 5.82 Å². The van der Waals surface area contributed by atoms with Gasteiger partial charge in [-0.05, 0) is 29.7 Å². The quantitative estimate of drug-likeness (QED) is 0.724. The summed E-state index contributed by atoms with van der Waals surface area (Å²) in [7, 11) is 1.81. The molecule has 0 bridgehead atoms. The van der Waals surface area contributed by atoms with Crippen LogP contribution in [-0.2, 0) is 20.1 Å². The number of aliphatic hydroxyl groups is 1. The molecule has 0 aliphatic heterocycles. The van der Waals surface area contributed by atoms with Crippen molar-refractivity contribution in [2.75, 3.05) is 6.54 Å². The number of hydrogen-bond acceptors (Lipinski definition) is 3. The average Bonchev–Trinajstić information content (AvgIpc) is 3.24. The SMILES string of the molecule is Cn1ncc(C(=O)NCCc2ccc(CO)cc2)c1-n1cccc1. The smallest absolute Gasteiger partial charge is 0.256 e. The first-order chi connectivity index (χ1) is 11.7. The Morgan fingerprint density at radius 2 is 1.83 bits per heavy atom. The minimum atomic E-state index is -0.140. The van der Waals surface area contributed by atoms with E-state index in [4.69, 9.17) is 5.11 Å². The number of benzene rings is 1. The van der Waals surface area contributed by atoms with Gasteiger partial charge in [0.15, 0.2) is 0 Å². The maximum absolute atomic E-state index is 12.5. The number of rotatable bonds is 6. The number of carbonyl (C=O) groups is 1. The number of nitrogens with zero attached hydrogens (tertiary/aromatic N) is 3. The van der Waals surface area contributed by atoms with Gasteiger partial charge in [0.1, 0.15) is 11.4 Å². The first-order valence-corrected chi connectivity index (χ1v) is 7.81. The number of amides is 1. The minimum Gasteiger partial charge on any atom is -0.392 e. The fraction of sp³-hybridized carbons (Fsp3) is 0.222. The molecule has 2 aromatic heterocycles. The highest BCUT2D eigenvalue weighted by Crippen LogP contribution is 2.13. The van der Waals surface area contributed by atoms with Gasteiger partial charge >= 0.3 is 0 Å². The third-order valence-corrected chi connectivity index (χ3v) is 3.91. The van der Waals surface area contributed by atoms with E-state index >= 15 is 0 Å². The molecule has 124 valence electrons. The molecule has 0 radical (unpaired) electrons. The summed E-state index contributed by atoms with van der Waals surface area (Å²) in [5.41, 5.74) is 2.54. The van der Waals surface area contributed by atoms with E-state index in [0.29, 0.717) is 12.1 Å². The van der Waals surface area contributed by atoms with Crippen molar-refractivity contribution in [3.05, 3.63) is 71.7 Å². The Bertz CT molecular complexity index is 804. The average molecular weight is 324 g/mol. The van der Waals surface area contributed by atoms with Crippen molar-refractivity contribution >= 4 is 5.91 Å². The number of nitrogens with one attached hydrogen (secondary N) is 1. The monoisotopic (exact) mass is 324 g/mol. The molecule has 0 atom stereocenters. The van der Waals surface area contributed by atoms with Crippen molar-refractivity contribution < 1.29 is 9.90 Å². The molecule has 0 saturated carbocycles. The highest BCUT2D eigenvalue weighted by Gasteiger charge is 2.16. The van der Waals surface area contributed by atoms with Gasteiger partial charge in [0, 0.05) is 26.0 Å². The molecular formula is C18H20N4O2. The first kappa shape index (κ1) is 16.0. The van der Waals surface area contributed by atoms with Gasteiger partial charge in [-0.3, -0.25) is 9.48 Å². The molecule has 3 aromatic rings. The maximum Gasteiger partial charge on any atom is 0.256 e. The van der Waals surface area contributed by atoms with Gasteiger partial charge in [-0.15, -0.1) is 0 Å². The number of aryl methyl sites for hydroxylation is 1. The Labute approximate surface area is 140 Å². The van der Waals surface area contributed by atoms with E-state index in [9.17, 15) is 4.79 Å². The summed E-state index contributed by atoms with van der Waals surface area (Å²) in [5.74, 6) is 0.601. The number of carbonyl (C=O) groups excluding carboxylic acids is 1. The molecule has 6 heteroatoms. The lowest BCUT2D eigenvalue weighted by molar-refractivity contribution is 0.0954. The molecule has 0 fully saturated rings. The second-order valence-corrected chi connectivity index (χ2v) is 5.58. The molecule has 0 spiro atoms. The normalized spacial score (nSPS) is 10.8. The van der Waals surface area contributed by atoms with Crippen LogP contribution in [0.4, 0.5) is 0 Å². The molecule has 0 unspecified atom stereocenters. The molecule has 0 aliphatic carbocycles. The summed E-state index contributed by atoms with van der Waals surface area (Å²) in [6, 6.07) is 11.5. The number of aliphatic hydroxyl groups excluding tert-OH is 1. The van der Waals surface area contributed by atoms with Crippen molar-refractivity contribution in [3.63, 3.8) is 0 Å². The molecule has 2 heterocycles. The lowest BCUT2D eigenvalue weighted by atomic mass is 10.1. The fourth-order valence-corrected chi connectivity index (χ4v) is 2.60. The summed E-state index contributed by atoms with van der Waals surface area (Å²) in [6.45, 7) is 0.581. The third-order valence-electron chi connectivity index (χ3n) is 3.91. The number of hydrogen-bond donors (Lipinski definition) is 2. The highest BCUT2D eigenvalue weighted by atomic mass is 16.3. The third kappa shape index (κ3) is 3.38. The van der Waals surface area contributed by atoms with Crippen molar-refractivity contribution in [1.29, 1.82) is 0 Å². The second kappa shape index (κ2) is 7.14. The van der Waals surface area contributed by atoms with Crippen LogP contribution in [-0.4, -0.2) is 31.9 Å². The fourth-order valence-electron chi connectivity index (χ4n) is 2.60. The van der Waals surface area contributed by atoms with E-state index in [1.165, 1.54) is 0 Å². The highest BCUT2D eigenvalue weighted by molar-refractivity contribution is 5.97. The zero-order chi connectivity index (χ0) is 16.9. The van der Waals surface area contributed by atoms with Gasteiger partial charge in [-0.25, -0.2) is 0 Å². The van der Waals surface area contributed by atoms with Crippen LogP contribution in [0.3, 0.4) is 0 Å². The zero-order valence-corrected chi connectivity index (χ0v) is 13.5. The molecule has 6 nitrogen and oxygen atoms in total. The summed E-state index contributed by atoms with van der Waals surface area (Å²) < 4.78 is 3.55. The largest absolute Gasteiger partial charge is 0.392 e. The molecule has 3 rings (SSSR count). The lowest BCUT2D eigenvalue weighted by Gasteiger charge is -2.08. The Hall–Kier alpha value is -2.86. The Kier molecular flexibility index (Phi) is 4.77. The summed E-state index contributed by atoms with van der Waals surface area (Å²) in [5, 5.41) is 16.2. The van der Waals surface area contributed by atoms with E-state index < -0.39 is 0 Å². The van der Waals surface area contributed by atoms with Crippen molar-refractivity contribution in [2.24, 2.45) is 7.05 Å². The predicted octanol–water partition coefficient (Wildman–Crippen LogP) is 1.68. The molecule has 1 aromatic carbocycles. The van der Waals surface area contributed by atoms with Crippen LogP contribution in [0.2, 0.25) is 0 Å². The molecule has 0 saturated heterocycles. The van der Waals surface area contributed by atoms with Gasteiger partial charge in [-0.2, -0.15) is 5.10 Å². The summed E-state index contributed by atoms with van der Waals surface area (Å²) in [6.07, 6.45) is 6.09. The minimum absolute atomic E-state index is 0.0419.